The zero-order valence-electron chi connectivity index (χ0n) is 38.6. The van der Waals surface area contributed by atoms with Crippen LogP contribution in [0, 0.1) is 0 Å². The van der Waals surface area contributed by atoms with Gasteiger partial charge in [-0.25, -0.2) is 4.98 Å². The Labute approximate surface area is 410 Å². The number of imidazole rings is 1. The molecule has 0 spiro atoms. The fraction of sp³-hybridized carbons (Fsp3) is 0.312. The van der Waals surface area contributed by atoms with Gasteiger partial charge in [-0.15, -0.1) is 9.42 Å². The van der Waals surface area contributed by atoms with Crippen molar-refractivity contribution in [1.29, 1.82) is 0 Å². The number of benzene rings is 4. The SMILES string of the molecule is CCCC(=O)Nc1nc(NC(=O)COc2ccccc2)nc2c1ncn2[C@@H]1O[C@H](COC(c2ccccc2)(c2ccccc2)c2ccc(OC)cc2)[C@@H](O[P+](=O)O)[C@H]1OCC(=O)NCCNC(=O)C(F)(F)F. The Balaban J connectivity index is 1.28. The van der Waals surface area contributed by atoms with Gasteiger partial charge in [-0.05, 0) is 47.4 Å². The van der Waals surface area contributed by atoms with Crippen LogP contribution in [0.5, 0.6) is 11.5 Å². The lowest BCUT2D eigenvalue weighted by Gasteiger charge is -2.37. The topological polar surface area (TPSA) is 253 Å². The van der Waals surface area contributed by atoms with Crippen LogP contribution in [0.2, 0.25) is 0 Å². The number of methoxy groups -OCH3 is 1. The molecule has 5 N–H and O–H groups in total. The maximum Gasteiger partial charge on any atom is 0.695 e. The van der Waals surface area contributed by atoms with Crippen LogP contribution < -0.4 is 30.7 Å². The number of nitrogens with one attached hydrogen (secondary N) is 4. The second kappa shape index (κ2) is 24.1. The zero-order chi connectivity index (χ0) is 51.3. The Morgan fingerprint density at radius 2 is 1.39 bits per heavy atom. The maximum atomic E-state index is 13.2. The third-order valence-electron chi connectivity index (χ3n) is 11.0. The van der Waals surface area contributed by atoms with Crippen LogP contribution in [0.4, 0.5) is 24.9 Å². The van der Waals surface area contributed by atoms with E-state index in [9.17, 15) is 41.8 Å². The Morgan fingerprint density at radius 1 is 0.764 bits per heavy atom. The number of carbonyl (C=O) groups is 4. The number of fused-ring (bicyclic) bond motifs is 1. The number of aromatic nitrogens is 4. The molecule has 6 aromatic rings. The molecule has 378 valence electrons. The van der Waals surface area contributed by atoms with Crippen molar-refractivity contribution in [2.24, 2.45) is 0 Å². The maximum absolute atomic E-state index is 13.2. The fourth-order valence-electron chi connectivity index (χ4n) is 7.80. The molecule has 7 rings (SSSR count). The molecule has 1 aliphatic rings. The summed E-state index contributed by atoms with van der Waals surface area (Å²) in [7, 11) is -1.90. The molecule has 1 aliphatic heterocycles. The van der Waals surface area contributed by atoms with Crippen LogP contribution in [0.3, 0.4) is 0 Å². The molecule has 3 heterocycles. The molecule has 4 aromatic carbocycles. The number of para-hydroxylation sites is 1. The van der Waals surface area contributed by atoms with Gasteiger partial charge in [0.05, 0.1) is 20.0 Å². The van der Waals surface area contributed by atoms with Crippen LogP contribution in [-0.4, -0.2) is 113 Å². The minimum atomic E-state index is -5.14. The highest BCUT2D eigenvalue weighted by Gasteiger charge is 2.53. The Kier molecular flexibility index (Phi) is 17.6. The molecule has 1 unspecified atom stereocenters. The van der Waals surface area contributed by atoms with Gasteiger partial charge in [-0.2, -0.15) is 23.1 Å². The number of nitrogens with zero attached hydrogens (tertiary/aromatic N) is 4. The lowest BCUT2D eigenvalue weighted by atomic mass is 9.80. The third-order valence-corrected chi connectivity index (χ3v) is 11.4. The molecule has 0 bridgehead atoms. The smallest absolute Gasteiger partial charge is 0.497 e. The van der Waals surface area contributed by atoms with Crippen LogP contribution in [0.1, 0.15) is 42.7 Å². The van der Waals surface area contributed by atoms with E-state index in [1.54, 1.807) is 54.7 Å². The number of alkyl halides is 3. The molecule has 20 nitrogen and oxygen atoms in total. The molecular weight excluding hydrogens is 969 g/mol. The highest BCUT2D eigenvalue weighted by Crippen LogP contribution is 2.44. The normalized spacial score (nSPS) is 16.9. The molecule has 1 fully saturated rings. The van der Waals surface area contributed by atoms with E-state index in [0.29, 0.717) is 34.6 Å². The Hall–Kier alpha value is -7.40. The van der Waals surface area contributed by atoms with Gasteiger partial charge in [0.15, 0.2) is 35.9 Å². The highest BCUT2D eigenvalue weighted by molar-refractivity contribution is 7.32. The van der Waals surface area contributed by atoms with E-state index in [0.717, 1.165) is 0 Å². The average Bonchev–Trinajstić information content (AvgIpc) is 3.95. The molecule has 24 heteroatoms. The third kappa shape index (κ3) is 12.9. The first-order valence-electron chi connectivity index (χ1n) is 22.3. The van der Waals surface area contributed by atoms with Crippen LogP contribution in [-0.2, 0) is 48.1 Å². The summed E-state index contributed by atoms with van der Waals surface area (Å²) >= 11 is 0. The van der Waals surface area contributed by atoms with Gasteiger partial charge in [0.25, 0.3) is 5.91 Å². The van der Waals surface area contributed by atoms with Gasteiger partial charge in [0.2, 0.25) is 17.8 Å². The predicted octanol–water partition coefficient (Wildman–Crippen LogP) is 5.71. The second-order valence-electron chi connectivity index (χ2n) is 15.9. The summed E-state index contributed by atoms with van der Waals surface area (Å²) in [5.74, 6) is -3.60. The predicted molar refractivity (Wildman–Crippen MR) is 252 cm³/mol. The number of amides is 4. The molecule has 4 amide bonds. The van der Waals surface area contributed by atoms with Gasteiger partial charge >= 0.3 is 20.3 Å². The molecule has 72 heavy (non-hydrogen) atoms. The van der Waals surface area contributed by atoms with Crippen molar-refractivity contribution < 1.29 is 70.0 Å². The van der Waals surface area contributed by atoms with Crippen molar-refractivity contribution in [2.75, 3.05) is 50.7 Å². The van der Waals surface area contributed by atoms with Crippen molar-refractivity contribution in [3.63, 3.8) is 0 Å². The average molecular weight is 1020 g/mol. The van der Waals surface area contributed by atoms with E-state index in [-0.39, 0.29) is 29.4 Å². The quantitative estimate of drug-likeness (QED) is 0.0293. The summed E-state index contributed by atoms with van der Waals surface area (Å²) in [5.41, 5.74) is 0.561. The summed E-state index contributed by atoms with van der Waals surface area (Å²) in [6.07, 6.45) is -9.12. The molecule has 0 radical (unpaired) electrons. The largest absolute Gasteiger partial charge is 0.695 e. The lowest BCUT2D eigenvalue weighted by molar-refractivity contribution is -0.173. The van der Waals surface area contributed by atoms with E-state index in [1.807, 2.05) is 72.8 Å². The fourth-order valence-corrected chi connectivity index (χ4v) is 8.26. The summed E-state index contributed by atoms with van der Waals surface area (Å²) in [6.45, 7) is -0.882. The highest BCUT2D eigenvalue weighted by atomic mass is 31.1. The van der Waals surface area contributed by atoms with Gasteiger partial charge in [-0.1, -0.05) is 97.9 Å². The molecule has 5 atom stereocenters. The monoisotopic (exact) mass is 1020 g/mol. The molecular formula is C48H49F3N8O12P+. The first-order chi connectivity index (χ1) is 34.7. The van der Waals surface area contributed by atoms with Crippen molar-refractivity contribution in [3.8, 4) is 11.5 Å². The lowest BCUT2D eigenvalue weighted by Crippen LogP contribution is -2.43. The Morgan fingerprint density at radius 3 is 2.00 bits per heavy atom. The van der Waals surface area contributed by atoms with Crippen LogP contribution in [0.25, 0.3) is 11.2 Å². The van der Waals surface area contributed by atoms with E-state index in [1.165, 1.54) is 18.0 Å². The molecule has 1 saturated heterocycles. The number of ether oxygens (including phenoxy) is 5. The van der Waals surface area contributed by atoms with Gasteiger partial charge in [-0.3, -0.25) is 29.1 Å². The zero-order valence-corrected chi connectivity index (χ0v) is 39.5. The van der Waals surface area contributed by atoms with Gasteiger partial charge < -0.3 is 39.6 Å². The second-order valence-corrected chi connectivity index (χ2v) is 16.6. The number of anilines is 2. The summed E-state index contributed by atoms with van der Waals surface area (Å²) in [6, 6.07) is 34.2. The number of carbonyl (C=O) groups excluding carboxylic acids is 4. The van der Waals surface area contributed by atoms with E-state index in [4.69, 9.17) is 28.2 Å². The summed E-state index contributed by atoms with van der Waals surface area (Å²) < 4.78 is 89.0. The summed E-state index contributed by atoms with van der Waals surface area (Å²) in [5, 5.41) is 9.27. The van der Waals surface area contributed by atoms with Crippen LogP contribution >= 0.6 is 8.25 Å². The van der Waals surface area contributed by atoms with E-state index < -0.39 is 101 Å². The standard InChI is InChI=1S/C48H48F3N8O12P/c1-3-13-36(60)55-42-39-43(58-46(57-42)56-38(62)28-67-34-18-11-6-12-19-34)59(29-54-39)44-41(68-27-37(61)52-24-25-53-45(63)48(49,50)51)40(71-72(64)65)35(70-44)26-69-47(30-14-7-4-8-15-30,31-16-9-5-10-17-31)32-20-22-33(66-2)23-21-32/h4-12,14-23,29,35,40-41,44H,3,13,24-28H2,1-2H3,(H4-,52,53,55,56,57,58,60,61,62,63,64,65)/p+1/t35-,40-,41-,44-/m1/s1. The van der Waals surface area contributed by atoms with E-state index in [2.05, 4.69) is 30.9 Å². The number of rotatable bonds is 23. The molecule has 0 saturated carbocycles. The Bertz CT molecular complexity index is 2770. The minimum absolute atomic E-state index is 0.0102. The number of hydrogen-bond donors (Lipinski definition) is 5. The number of halogens is 3. The minimum Gasteiger partial charge on any atom is -0.497 e. The first-order valence-corrected chi connectivity index (χ1v) is 23.5. The first kappa shape index (κ1) is 52.4. The van der Waals surface area contributed by atoms with Crippen molar-refractivity contribution in [2.45, 2.75) is 56.1 Å². The van der Waals surface area contributed by atoms with Crippen molar-refractivity contribution in [1.82, 2.24) is 30.2 Å². The summed E-state index contributed by atoms with van der Waals surface area (Å²) in [4.78, 5) is 74.5. The number of hydrogen-bond acceptors (Lipinski definition) is 14. The van der Waals surface area contributed by atoms with Crippen LogP contribution in [0.15, 0.2) is 122 Å². The van der Waals surface area contributed by atoms with E-state index >= 15 is 0 Å². The van der Waals surface area contributed by atoms with Crippen molar-refractivity contribution >= 4 is 54.8 Å². The van der Waals surface area contributed by atoms with Gasteiger partial charge in [0, 0.05) is 24.1 Å². The molecule has 0 aliphatic carbocycles. The van der Waals surface area contributed by atoms with Gasteiger partial charge in [0.1, 0.15) is 35.9 Å². The molecule has 2 aromatic heterocycles. The van der Waals surface area contributed by atoms with Crippen molar-refractivity contribution in [3.05, 3.63) is 138 Å².